The van der Waals surface area contributed by atoms with E-state index in [9.17, 15) is 14.4 Å². The Morgan fingerprint density at radius 3 is 2.36 bits per heavy atom. The number of carbonyl (C=O) groups is 3. The summed E-state index contributed by atoms with van der Waals surface area (Å²) in [6, 6.07) is 0. The molecular weight excluding hydrogens is 188 g/mol. The summed E-state index contributed by atoms with van der Waals surface area (Å²) in [6.07, 6.45) is 1.39. The van der Waals surface area contributed by atoms with Crippen molar-refractivity contribution in [1.82, 2.24) is 0 Å². The van der Waals surface area contributed by atoms with E-state index in [0.29, 0.717) is 12.8 Å². The van der Waals surface area contributed by atoms with Crippen molar-refractivity contribution < 1.29 is 24.2 Å². The second kappa shape index (κ2) is 4.32. The van der Waals surface area contributed by atoms with E-state index in [1.165, 1.54) is 7.11 Å². The summed E-state index contributed by atoms with van der Waals surface area (Å²) in [5, 5.41) is 8.72. The number of rotatable bonds is 6. The Morgan fingerprint density at radius 2 is 2.00 bits per heavy atom. The molecule has 1 saturated carbocycles. The fourth-order valence-electron chi connectivity index (χ4n) is 1.25. The third-order valence-electron chi connectivity index (χ3n) is 2.12. The van der Waals surface area contributed by atoms with Gasteiger partial charge in [-0.15, -0.1) is 0 Å². The molecule has 0 saturated heterocycles. The van der Waals surface area contributed by atoms with Gasteiger partial charge in [0, 0.05) is 13.0 Å². The summed E-state index contributed by atoms with van der Waals surface area (Å²) >= 11 is 0. The van der Waals surface area contributed by atoms with Gasteiger partial charge in [-0.3, -0.25) is 14.4 Å². The largest absolute Gasteiger partial charge is 0.480 e. The second-order valence-electron chi connectivity index (χ2n) is 3.35. The molecule has 0 aromatic rings. The Hall–Kier alpha value is -1.23. The van der Waals surface area contributed by atoms with Crippen LogP contribution in [0, 0.1) is 11.8 Å². The van der Waals surface area contributed by atoms with Crippen molar-refractivity contribution in [3.8, 4) is 0 Å². The predicted molar refractivity (Wildman–Crippen MR) is 45.7 cm³/mol. The number of hydrogen-bond donors (Lipinski definition) is 1. The highest BCUT2D eigenvalue weighted by Crippen LogP contribution is 2.32. The molecule has 1 unspecified atom stereocenters. The Kier molecular flexibility index (Phi) is 3.35. The maximum absolute atomic E-state index is 11.4. The van der Waals surface area contributed by atoms with Gasteiger partial charge in [0.1, 0.15) is 6.61 Å². The van der Waals surface area contributed by atoms with Gasteiger partial charge in [-0.1, -0.05) is 0 Å². The van der Waals surface area contributed by atoms with E-state index in [2.05, 4.69) is 4.74 Å². The predicted octanol–water partition coefficient (Wildman–Crippen LogP) is -0.118. The number of aliphatic carboxylic acids is 1. The third-order valence-corrected chi connectivity index (χ3v) is 2.12. The fourth-order valence-corrected chi connectivity index (χ4v) is 1.25. The lowest BCUT2D eigenvalue weighted by Crippen LogP contribution is -2.35. The van der Waals surface area contributed by atoms with Gasteiger partial charge in [0.15, 0.2) is 17.5 Å². The molecule has 1 atom stereocenters. The van der Waals surface area contributed by atoms with Crippen LogP contribution in [0.1, 0.15) is 12.8 Å². The molecule has 0 heterocycles. The molecule has 1 aliphatic rings. The number of carbonyl (C=O) groups excluding carboxylic acids is 2. The van der Waals surface area contributed by atoms with Crippen LogP contribution in [0.25, 0.3) is 0 Å². The first-order chi connectivity index (χ1) is 6.57. The monoisotopic (exact) mass is 200 g/mol. The number of Topliss-reactive ketones (excluding diaryl/α,β-unsaturated/α-hetero) is 2. The Bertz CT molecular complexity index is 266. The first kappa shape index (κ1) is 10.8. The number of ether oxygens (including phenoxy) is 1. The van der Waals surface area contributed by atoms with Crippen LogP contribution in [0.4, 0.5) is 0 Å². The SMILES string of the molecule is COCC(=O)C(C(=O)O)C(=O)C1CC1. The fraction of sp³-hybridized carbons (Fsp3) is 0.667. The average Bonchev–Trinajstić information content (AvgIpc) is 2.85. The van der Waals surface area contributed by atoms with E-state index in [0.717, 1.165) is 0 Å². The molecule has 0 amide bonds. The molecule has 78 valence electrons. The van der Waals surface area contributed by atoms with Crippen LogP contribution in [0.2, 0.25) is 0 Å². The minimum Gasteiger partial charge on any atom is -0.480 e. The van der Waals surface area contributed by atoms with Gasteiger partial charge < -0.3 is 9.84 Å². The quantitative estimate of drug-likeness (QED) is 0.604. The molecule has 0 aromatic heterocycles. The summed E-state index contributed by atoms with van der Waals surface area (Å²) < 4.78 is 4.52. The van der Waals surface area contributed by atoms with Crippen molar-refractivity contribution in [1.29, 1.82) is 0 Å². The molecule has 0 aromatic carbocycles. The number of carboxylic acids is 1. The summed E-state index contributed by atoms with van der Waals surface area (Å²) in [5.74, 6) is -4.26. The first-order valence-electron chi connectivity index (χ1n) is 4.36. The minimum absolute atomic E-state index is 0.225. The van der Waals surface area contributed by atoms with E-state index < -0.39 is 23.5 Å². The lowest BCUT2D eigenvalue weighted by Gasteiger charge is -2.08. The zero-order valence-corrected chi connectivity index (χ0v) is 7.86. The molecule has 5 nitrogen and oxygen atoms in total. The van der Waals surface area contributed by atoms with E-state index >= 15 is 0 Å². The third kappa shape index (κ3) is 2.38. The van der Waals surface area contributed by atoms with Crippen LogP contribution in [0.3, 0.4) is 0 Å². The highest BCUT2D eigenvalue weighted by atomic mass is 16.5. The molecule has 0 bridgehead atoms. The summed E-state index contributed by atoms with van der Waals surface area (Å²) in [7, 11) is 1.29. The van der Waals surface area contributed by atoms with Gasteiger partial charge in [0.25, 0.3) is 0 Å². The molecule has 1 fully saturated rings. The van der Waals surface area contributed by atoms with E-state index in [4.69, 9.17) is 5.11 Å². The lowest BCUT2D eigenvalue weighted by atomic mass is 9.96. The van der Waals surface area contributed by atoms with Crippen LogP contribution in [0.5, 0.6) is 0 Å². The highest BCUT2D eigenvalue weighted by molar-refractivity contribution is 6.18. The molecule has 1 aliphatic carbocycles. The number of methoxy groups -OCH3 is 1. The smallest absolute Gasteiger partial charge is 0.321 e. The lowest BCUT2D eigenvalue weighted by molar-refractivity contribution is -0.151. The molecule has 1 N–H and O–H groups in total. The molecule has 14 heavy (non-hydrogen) atoms. The molecule has 0 aliphatic heterocycles. The van der Waals surface area contributed by atoms with Crippen molar-refractivity contribution in [2.75, 3.05) is 13.7 Å². The highest BCUT2D eigenvalue weighted by Gasteiger charge is 2.42. The van der Waals surface area contributed by atoms with Gasteiger partial charge in [-0.2, -0.15) is 0 Å². The Morgan fingerprint density at radius 1 is 1.43 bits per heavy atom. The second-order valence-corrected chi connectivity index (χ2v) is 3.35. The standard InChI is InChI=1S/C9H12O5/c1-14-4-6(10)7(9(12)13)8(11)5-2-3-5/h5,7H,2-4H2,1H3,(H,12,13). The van der Waals surface area contributed by atoms with E-state index in [1.54, 1.807) is 0 Å². The zero-order valence-electron chi connectivity index (χ0n) is 7.86. The summed E-state index contributed by atoms with van der Waals surface area (Å²) in [6.45, 7) is -0.324. The van der Waals surface area contributed by atoms with E-state index in [-0.39, 0.29) is 12.5 Å². The van der Waals surface area contributed by atoms with Gasteiger partial charge in [0.05, 0.1) is 0 Å². The van der Waals surface area contributed by atoms with Crippen LogP contribution >= 0.6 is 0 Å². The maximum Gasteiger partial charge on any atom is 0.321 e. The van der Waals surface area contributed by atoms with Crippen molar-refractivity contribution in [2.45, 2.75) is 12.8 Å². The van der Waals surface area contributed by atoms with Crippen molar-refractivity contribution in [2.24, 2.45) is 11.8 Å². The normalized spacial score (nSPS) is 17.5. The molecule has 0 radical (unpaired) electrons. The van der Waals surface area contributed by atoms with Crippen molar-refractivity contribution in [3.63, 3.8) is 0 Å². The zero-order chi connectivity index (χ0) is 10.7. The topological polar surface area (TPSA) is 80.7 Å². The molecule has 0 spiro atoms. The van der Waals surface area contributed by atoms with Gasteiger partial charge in [0.2, 0.25) is 0 Å². The Labute approximate surface area is 81.0 Å². The van der Waals surface area contributed by atoms with Crippen LogP contribution in [-0.2, 0) is 19.1 Å². The van der Waals surface area contributed by atoms with Crippen molar-refractivity contribution in [3.05, 3.63) is 0 Å². The number of carboxylic acid groups (broad SMARTS) is 1. The van der Waals surface area contributed by atoms with E-state index in [1.807, 2.05) is 0 Å². The van der Waals surface area contributed by atoms with Crippen LogP contribution < -0.4 is 0 Å². The summed E-state index contributed by atoms with van der Waals surface area (Å²) in [4.78, 5) is 33.3. The maximum atomic E-state index is 11.4. The Balaban J connectivity index is 2.67. The van der Waals surface area contributed by atoms with Crippen LogP contribution in [-0.4, -0.2) is 36.4 Å². The number of ketones is 2. The molecular formula is C9H12O5. The molecule has 5 heteroatoms. The average molecular weight is 200 g/mol. The van der Waals surface area contributed by atoms with Gasteiger partial charge in [-0.25, -0.2) is 0 Å². The minimum atomic E-state index is -1.53. The van der Waals surface area contributed by atoms with Crippen LogP contribution in [0.15, 0.2) is 0 Å². The molecule has 1 rings (SSSR count). The first-order valence-corrected chi connectivity index (χ1v) is 4.36. The van der Waals surface area contributed by atoms with Gasteiger partial charge in [-0.05, 0) is 12.8 Å². The van der Waals surface area contributed by atoms with Crippen molar-refractivity contribution >= 4 is 17.5 Å². The van der Waals surface area contributed by atoms with Gasteiger partial charge >= 0.3 is 5.97 Å². The number of hydrogen-bond acceptors (Lipinski definition) is 4. The summed E-state index contributed by atoms with van der Waals surface area (Å²) in [5.41, 5.74) is 0.